The van der Waals surface area contributed by atoms with Gasteiger partial charge in [-0.3, -0.25) is 0 Å². The molecule has 0 radical (unpaired) electrons. The summed E-state index contributed by atoms with van der Waals surface area (Å²) in [5.41, 5.74) is 0.0377. The van der Waals surface area contributed by atoms with Crippen LogP contribution < -0.4 is 0 Å². The van der Waals surface area contributed by atoms with Crippen LogP contribution in [0.25, 0.3) is 0 Å². The van der Waals surface area contributed by atoms with Gasteiger partial charge in [-0.15, -0.1) is 0 Å². The lowest BCUT2D eigenvalue weighted by Crippen LogP contribution is -2.37. The number of ether oxygens (including phenoxy) is 2. The highest BCUT2D eigenvalue weighted by Crippen LogP contribution is 2.64. The van der Waals surface area contributed by atoms with Crippen molar-refractivity contribution >= 4 is 5.97 Å². The van der Waals surface area contributed by atoms with Gasteiger partial charge in [-0.1, -0.05) is 30.3 Å². The summed E-state index contributed by atoms with van der Waals surface area (Å²) in [7, 11) is 0. The Balaban J connectivity index is 1.66. The summed E-state index contributed by atoms with van der Waals surface area (Å²) < 4.78 is 11.6. The zero-order chi connectivity index (χ0) is 12.9. The molecule has 1 saturated heterocycles. The number of fused-ring (bicyclic) bond motifs is 1. The monoisotopic (exact) mass is 258 g/mol. The van der Waals surface area contributed by atoms with Crippen molar-refractivity contribution in [1.29, 1.82) is 0 Å². The van der Waals surface area contributed by atoms with Crippen LogP contribution in [0.4, 0.5) is 0 Å². The third-order valence-corrected chi connectivity index (χ3v) is 4.63. The van der Waals surface area contributed by atoms with Crippen molar-refractivity contribution in [2.24, 2.45) is 0 Å². The molecule has 0 amide bonds. The van der Waals surface area contributed by atoms with Gasteiger partial charge in [-0.25, -0.2) is 4.79 Å². The Bertz CT molecular complexity index is 508. The first-order chi connectivity index (χ1) is 9.27. The molecule has 1 aromatic rings. The van der Waals surface area contributed by atoms with Gasteiger partial charge in [0.25, 0.3) is 0 Å². The summed E-state index contributed by atoms with van der Waals surface area (Å²) in [6.07, 6.45) is 6.08. The molecule has 0 aromatic heterocycles. The maximum absolute atomic E-state index is 12.4. The number of hydrogen-bond acceptors (Lipinski definition) is 3. The smallest absolute Gasteiger partial charge is 0.342 e. The summed E-state index contributed by atoms with van der Waals surface area (Å²) >= 11 is 0. The second kappa shape index (κ2) is 3.83. The first-order valence-electron chi connectivity index (χ1n) is 7.24. The normalized spacial score (nSPS) is 36.4. The van der Waals surface area contributed by atoms with Gasteiger partial charge in [0, 0.05) is 0 Å². The van der Waals surface area contributed by atoms with Gasteiger partial charge in [0.15, 0.2) is 5.60 Å². The molecule has 1 heterocycles. The number of hydrogen-bond donors (Lipinski definition) is 0. The molecule has 2 saturated carbocycles. The number of epoxide rings is 1. The van der Waals surface area contributed by atoms with E-state index in [1.807, 2.05) is 18.2 Å². The molecule has 1 aromatic carbocycles. The Morgan fingerprint density at radius 2 is 1.89 bits per heavy atom. The van der Waals surface area contributed by atoms with Gasteiger partial charge < -0.3 is 9.47 Å². The lowest BCUT2D eigenvalue weighted by atomic mass is 9.75. The van der Waals surface area contributed by atoms with Crippen molar-refractivity contribution in [3.8, 4) is 0 Å². The highest BCUT2D eigenvalue weighted by atomic mass is 16.7. The zero-order valence-corrected chi connectivity index (χ0v) is 10.9. The fraction of sp³-hybridized carbons (Fsp3) is 0.562. The number of esters is 1. The molecule has 2 atom stereocenters. The van der Waals surface area contributed by atoms with Crippen LogP contribution in [0.15, 0.2) is 30.3 Å². The van der Waals surface area contributed by atoms with Crippen molar-refractivity contribution in [3.63, 3.8) is 0 Å². The highest BCUT2D eigenvalue weighted by molar-refractivity contribution is 5.86. The van der Waals surface area contributed by atoms with Crippen LogP contribution in [0, 0.1) is 0 Å². The number of carbonyl (C=O) groups excluding carboxylic acids is 1. The van der Waals surface area contributed by atoms with E-state index in [2.05, 4.69) is 12.1 Å². The van der Waals surface area contributed by atoms with Gasteiger partial charge in [-0.05, 0) is 44.1 Å². The molecule has 100 valence electrons. The molecule has 0 bridgehead atoms. The van der Waals surface area contributed by atoms with Crippen molar-refractivity contribution in [2.45, 2.75) is 55.8 Å². The minimum atomic E-state index is -0.685. The number of rotatable bonds is 3. The van der Waals surface area contributed by atoms with Crippen LogP contribution in [0.2, 0.25) is 0 Å². The molecule has 19 heavy (non-hydrogen) atoms. The van der Waals surface area contributed by atoms with E-state index in [0.717, 1.165) is 44.1 Å². The molecular formula is C16H18O3. The maximum Gasteiger partial charge on any atom is 0.342 e. The molecule has 0 spiro atoms. The second-order valence-electron chi connectivity index (χ2n) is 5.93. The molecule has 3 nitrogen and oxygen atoms in total. The van der Waals surface area contributed by atoms with Crippen LogP contribution in [-0.2, 0) is 19.9 Å². The van der Waals surface area contributed by atoms with Gasteiger partial charge >= 0.3 is 5.97 Å². The summed E-state index contributed by atoms with van der Waals surface area (Å²) in [5.74, 6) is -0.126. The van der Waals surface area contributed by atoms with Crippen molar-refractivity contribution < 1.29 is 14.3 Å². The predicted octanol–water partition coefficient (Wildman–Crippen LogP) is 2.93. The Hall–Kier alpha value is -1.35. The van der Waals surface area contributed by atoms with Crippen molar-refractivity contribution in [1.82, 2.24) is 0 Å². The molecule has 1 aliphatic heterocycles. The van der Waals surface area contributed by atoms with Crippen LogP contribution in [0.1, 0.15) is 44.1 Å². The van der Waals surface area contributed by atoms with E-state index < -0.39 is 11.2 Å². The maximum atomic E-state index is 12.4. The standard InChI is InChI=1S/C16H18O3/c17-14(18-13-8-9-13)16-11-5-4-10-15(16,19-16)12-6-2-1-3-7-12/h1-3,6-7,13H,4-5,8-11H2. The van der Waals surface area contributed by atoms with E-state index in [1.54, 1.807) is 0 Å². The summed E-state index contributed by atoms with van der Waals surface area (Å²) in [5, 5.41) is 0. The molecule has 3 heteroatoms. The Morgan fingerprint density at radius 1 is 1.16 bits per heavy atom. The SMILES string of the molecule is O=C(OC1CC1)C12CCCCC1(c1ccccc1)O2. The first-order valence-corrected chi connectivity index (χ1v) is 7.24. The summed E-state index contributed by atoms with van der Waals surface area (Å²) in [6, 6.07) is 10.2. The minimum absolute atomic E-state index is 0.126. The molecule has 3 aliphatic rings. The Labute approximate surface area is 112 Å². The van der Waals surface area contributed by atoms with Crippen LogP contribution in [0.5, 0.6) is 0 Å². The molecule has 2 aliphatic carbocycles. The molecule has 3 fully saturated rings. The van der Waals surface area contributed by atoms with Gasteiger partial charge in [0.2, 0.25) is 0 Å². The van der Waals surface area contributed by atoms with Gasteiger partial charge in [0.05, 0.1) is 0 Å². The average molecular weight is 258 g/mol. The zero-order valence-electron chi connectivity index (χ0n) is 10.9. The summed E-state index contributed by atoms with van der Waals surface area (Å²) in [6.45, 7) is 0. The Kier molecular flexibility index (Phi) is 2.31. The fourth-order valence-corrected chi connectivity index (χ4v) is 3.41. The third kappa shape index (κ3) is 1.57. The third-order valence-electron chi connectivity index (χ3n) is 4.63. The minimum Gasteiger partial charge on any atom is -0.460 e. The second-order valence-corrected chi connectivity index (χ2v) is 5.93. The average Bonchev–Trinajstić information content (AvgIpc) is 3.34. The van der Waals surface area contributed by atoms with Crippen LogP contribution in [-0.4, -0.2) is 17.7 Å². The predicted molar refractivity (Wildman–Crippen MR) is 69.5 cm³/mol. The summed E-state index contributed by atoms with van der Waals surface area (Å²) in [4.78, 5) is 12.4. The van der Waals surface area contributed by atoms with E-state index in [9.17, 15) is 4.79 Å². The topological polar surface area (TPSA) is 38.8 Å². The lowest BCUT2D eigenvalue weighted by Gasteiger charge is -2.24. The molecule has 4 rings (SSSR count). The van der Waals surface area contributed by atoms with E-state index in [4.69, 9.17) is 9.47 Å². The van der Waals surface area contributed by atoms with E-state index in [-0.39, 0.29) is 12.1 Å². The van der Waals surface area contributed by atoms with Gasteiger partial charge in [-0.2, -0.15) is 0 Å². The van der Waals surface area contributed by atoms with Crippen LogP contribution >= 0.6 is 0 Å². The van der Waals surface area contributed by atoms with Crippen molar-refractivity contribution in [2.75, 3.05) is 0 Å². The molecule has 0 N–H and O–H groups in total. The molecule has 2 unspecified atom stereocenters. The van der Waals surface area contributed by atoms with E-state index >= 15 is 0 Å². The Morgan fingerprint density at radius 3 is 2.63 bits per heavy atom. The van der Waals surface area contributed by atoms with Gasteiger partial charge in [0.1, 0.15) is 11.7 Å². The number of benzene rings is 1. The van der Waals surface area contributed by atoms with Crippen molar-refractivity contribution in [3.05, 3.63) is 35.9 Å². The highest BCUT2D eigenvalue weighted by Gasteiger charge is 2.76. The number of carbonyl (C=O) groups is 1. The van der Waals surface area contributed by atoms with E-state index in [0.29, 0.717) is 0 Å². The molecular weight excluding hydrogens is 240 g/mol. The van der Waals surface area contributed by atoms with E-state index in [1.165, 1.54) is 0 Å². The fourth-order valence-electron chi connectivity index (χ4n) is 3.41. The quantitative estimate of drug-likeness (QED) is 0.618. The lowest BCUT2D eigenvalue weighted by molar-refractivity contribution is -0.152. The first kappa shape index (κ1) is 11.5. The largest absolute Gasteiger partial charge is 0.460 e. The van der Waals surface area contributed by atoms with Crippen LogP contribution in [0.3, 0.4) is 0 Å².